The van der Waals surface area contributed by atoms with Crippen LogP contribution in [0.25, 0.3) is 0 Å². The molecule has 0 amide bonds. The van der Waals surface area contributed by atoms with Crippen LogP contribution in [0.15, 0.2) is 30.3 Å². The molecule has 0 saturated carbocycles. The lowest BCUT2D eigenvalue weighted by Gasteiger charge is -2.35. The van der Waals surface area contributed by atoms with Gasteiger partial charge in [0.2, 0.25) is 0 Å². The van der Waals surface area contributed by atoms with Gasteiger partial charge in [0.05, 0.1) is 6.10 Å². The Morgan fingerprint density at radius 3 is 2.69 bits per heavy atom. The van der Waals surface area contributed by atoms with Crippen LogP contribution in [0.1, 0.15) is 12.0 Å². The largest absolute Gasteiger partial charge is 0.391 e. The topological polar surface area (TPSA) is 23.5 Å². The summed E-state index contributed by atoms with van der Waals surface area (Å²) in [5.74, 6) is 0.842. The number of piperidine rings is 1. The van der Waals surface area contributed by atoms with E-state index in [-0.39, 0.29) is 12.0 Å². The molecule has 88 valence electrons. The van der Waals surface area contributed by atoms with Crippen molar-refractivity contribution in [2.24, 2.45) is 5.92 Å². The number of likely N-dealkylation sites (tertiary alicyclic amines) is 1. The average molecular weight is 240 g/mol. The molecule has 16 heavy (non-hydrogen) atoms. The summed E-state index contributed by atoms with van der Waals surface area (Å²) in [7, 11) is 0. The molecule has 0 spiro atoms. The van der Waals surface area contributed by atoms with Gasteiger partial charge >= 0.3 is 0 Å². The minimum Gasteiger partial charge on any atom is -0.391 e. The minimum atomic E-state index is -0.269. The van der Waals surface area contributed by atoms with E-state index in [4.69, 9.17) is 11.6 Å². The summed E-state index contributed by atoms with van der Waals surface area (Å²) in [6.07, 6.45) is 0.729. The van der Waals surface area contributed by atoms with Crippen LogP contribution in [0.4, 0.5) is 0 Å². The second-order valence-corrected chi connectivity index (χ2v) is 4.80. The summed E-state index contributed by atoms with van der Waals surface area (Å²) in [4.78, 5) is 2.29. The summed E-state index contributed by atoms with van der Waals surface area (Å²) in [5.41, 5.74) is 1.30. The molecule has 1 heterocycles. The van der Waals surface area contributed by atoms with E-state index in [0.717, 1.165) is 26.1 Å². The molecule has 2 atom stereocenters. The molecule has 2 rings (SSSR count). The summed E-state index contributed by atoms with van der Waals surface area (Å²) in [5, 5.41) is 9.89. The zero-order valence-corrected chi connectivity index (χ0v) is 10.1. The fourth-order valence-corrected chi connectivity index (χ4v) is 2.57. The molecule has 3 heteroatoms. The summed E-state index contributed by atoms with van der Waals surface area (Å²) in [6.45, 7) is 2.70. The molecule has 2 nitrogen and oxygen atoms in total. The summed E-state index contributed by atoms with van der Waals surface area (Å²) in [6, 6.07) is 10.4. The van der Waals surface area contributed by atoms with Crippen molar-refractivity contribution in [2.45, 2.75) is 19.1 Å². The van der Waals surface area contributed by atoms with Gasteiger partial charge in [-0.05, 0) is 18.5 Å². The van der Waals surface area contributed by atoms with Crippen molar-refractivity contribution in [2.75, 3.05) is 19.0 Å². The Hall–Kier alpha value is -0.570. The van der Waals surface area contributed by atoms with E-state index in [0.29, 0.717) is 5.88 Å². The molecule has 1 aromatic rings. The molecule has 0 aromatic heterocycles. The van der Waals surface area contributed by atoms with Crippen molar-refractivity contribution in [3.05, 3.63) is 35.9 Å². The molecule has 1 aliphatic rings. The lowest BCUT2D eigenvalue weighted by molar-refractivity contribution is 0.0273. The third-order valence-electron chi connectivity index (χ3n) is 3.25. The molecule has 0 aliphatic carbocycles. The maximum absolute atomic E-state index is 9.89. The van der Waals surface area contributed by atoms with Gasteiger partial charge in [-0.2, -0.15) is 0 Å². The quantitative estimate of drug-likeness (QED) is 0.817. The first kappa shape index (κ1) is 11.9. The van der Waals surface area contributed by atoms with Gasteiger partial charge in [-0.1, -0.05) is 30.3 Å². The maximum atomic E-state index is 9.89. The number of nitrogens with zero attached hydrogens (tertiary/aromatic N) is 1. The van der Waals surface area contributed by atoms with Crippen molar-refractivity contribution >= 4 is 11.6 Å². The smallest absolute Gasteiger partial charge is 0.0707 e. The lowest BCUT2D eigenvalue weighted by atomic mass is 9.95. The third kappa shape index (κ3) is 2.97. The Labute approximate surface area is 102 Å². The van der Waals surface area contributed by atoms with Gasteiger partial charge in [0.15, 0.2) is 0 Å². The molecule has 0 bridgehead atoms. The zero-order chi connectivity index (χ0) is 11.4. The number of aliphatic hydroxyl groups excluding tert-OH is 1. The lowest BCUT2D eigenvalue weighted by Crippen LogP contribution is -2.43. The Bertz CT molecular complexity index is 317. The number of aliphatic hydroxyl groups is 1. The second-order valence-electron chi connectivity index (χ2n) is 4.49. The van der Waals surface area contributed by atoms with E-state index in [1.54, 1.807) is 0 Å². The summed E-state index contributed by atoms with van der Waals surface area (Å²) >= 11 is 5.80. The van der Waals surface area contributed by atoms with Crippen molar-refractivity contribution in [3.8, 4) is 0 Å². The molecule has 0 radical (unpaired) electrons. The van der Waals surface area contributed by atoms with Crippen LogP contribution < -0.4 is 0 Å². The van der Waals surface area contributed by atoms with Gasteiger partial charge in [-0.15, -0.1) is 11.6 Å². The fourth-order valence-electron chi connectivity index (χ4n) is 2.21. The van der Waals surface area contributed by atoms with Crippen LogP contribution in [0.3, 0.4) is 0 Å². The number of rotatable bonds is 3. The highest BCUT2D eigenvalue weighted by Gasteiger charge is 2.26. The number of hydrogen-bond donors (Lipinski definition) is 1. The second kappa shape index (κ2) is 5.67. The van der Waals surface area contributed by atoms with Crippen molar-refractivity contribution < 1.29 is 5.11 Å². The van der Waals surface area contributed by atoms with E-state index in [2.05, 4.69) is 29.2 Å². The molecule has 1 saturated heterocycles. The van der Waals surface area contributed by atoms with E-state index >= 15 is 0 Å². The van der Waals surface area contributed by atoms with Gasteiger partial charge in [-0.3, -0.25) is 4.90 Å². The zero-order valence-electron chi connectivity index (χ0n) is 9.35. The van der Waals surface area contributed by atoms with Crippen molar-refractivity contribution in [1.29, 1.82) is 0 Å². The molecule has 1 aromatic carbocycles. The molecular weight excluding hydrogens is 222 g/mol. The number of benzene rings is 1. The van der Waals surface area contributed by atoms with Crippen LogP contribution in [0, 0.1) is 5.92 Å². The predicted octanol–water partition coefficient (Wildman–Crippen LogP) is 2.11. The Morgan fingerprint density at radius 1 is 1.31 bits per heavy atom. The van der Waals surface area contributed by atoms with E-state index < -0.39 is 0 Å². The highest BCUT2D eigenvalue weighted by Crippen LogP contribution is 2.20. The first-order valence-electron chi connectivity index (χ1n) is 5.80. The molecule has 1 N–H and O–H groups in total. The molecule has 2 unspecified atom stereocenters. The van der Waals surface area contributed by atoms with Crippen LogP contribution in [-0.4, -0.2) is 35.1 Å². The van der Waals surface area contributed by atoms with Crippen molar-refractivity contribution in [3.63, 3.8) is 0 Å². The van der Waals surface area contributed by atoms with Crippen LogP contribution in [0.2, 0.25) is 0 Å². The fraction of sp³-hybridized carbons (Fsp3) is 0.538. The molecular formula is C13H18ClNO. The number of halogens is 1. The maximum Gasteiger partial charge on any atom is 0.0707 e. The third-order valence-corrected chi connectivity index (χ3v) is 3.65. The first-order chi connectivity index (χ1) is 7.79. The van der Waals surface area contributed by atoms with E-state index in [1.807, 2.05) is 6.07 Å². The van der Waals surface area contributed by atoms with Gasteiger partial charge in [0.25, 0.3) is 0 Å². The number of β-amino-alcohol motifs (C(OH)–C–C–N with tert-alkyl or cyclic N) is 1. The SMILES string of the molecule is OC1CN(Cc2ccccc2)CCC1CCl. The summed E-state index contributed by atoms with van der Waals surface area (Å²) < 4.78 is 0. The van der Waals surface area contributed by atoms with Crippen molar-refractivity contribution in [1.82, 2.24) is 4.90 Å². The number of alkyl halides is 1. The van der Waals surface area contributed by atoms with Crippen LogP contribution >= 0.6 is 11.6 Å². The Kier molecular flexibility index (Phi) is 4.22. The van der Waals surface area contributed by atoms with Gasteiger partial charge in [-0.25, -0.2) is 0 Å². The standard InChI is InChI=1S/C13H18ClNO/c14-8-12-6-7-15(10-13(12)16)9-11-4-2-1-3-5-11/h1-5,12-13,16H,6-10H2. The predicted molar refractivity (Wildman–Crippen MR) is 66.6 cm³/mol. The van der Waals surface area contributed by atoms with Crippen LogP contribution in [0.5, 0.6) is 0 Å². The van der Waals surface area contributed by atoms with E-state index in [9.17, 15) is 5.11 Å². The minimum absolute atomic E-state index is 0.269. The van der Waals surface area contributed by atoms with Gasteiger partial charge < -0.3 is 5.11 Å². The van der Waals surface area contributed by atoms with Gasteiger partial charge in [0.1, 0.15) is 0 Å². The molecule has 1 fully saturated rings. The number of hydrogen-bond acceptors (Lipinski definition) is 2. The Morgan fingerprint density at radius 2 is 2.06 bits per heavy atom. The monoisotopic (exact) mass is 239 g/mol. The van der Waals surface area contributed by atoms with Gasteiger partial charge in [0, 0.05) is 24.9 Å². The normalized spacial score (nSPS) is 26.9. The highest BCUT2D eigenvalue weighted by molar-refractivity contribution is 6.18. The highest BCUT2D eigenvalue weighted by atomic mass is 35.5. The average Bonchev–Trinajstić information content (AvgIpc) is 2.31. The Balaban J connectivity index is 1.89. The van der Waals surface area contributed by atoms with Crippen LogP contribution in [-0.2, 0) is 6.54 Å². The first-order valence-corrected chi connectivity index (χ1v) is 6.33. The van der Waals surface area contributed by atoms with E-state index in [1.165, 1.54) is 5.56 Å². The molecule has 1 aliphatic heterocycles.